The summed E-state index contributed by atoms with van der Waals surface area (Å²) in [5.74, 6) is 0.156. The van der Waals surface area contributed by atoms with Crippen molar-refractivity contribution in [1.82, 2.24) is 20.6 Å². The molecule has 12 nitrogen and oxygen atoms in total. The smallest absolute Gasteiger partial charge is 0.337 e. The number of carbonyl (C=O) groups is 2. The monoisotopic (exact) mass is 546 g/mol. The van der Waals surface area contributed by atoms with Gasteiger partial charge in [0.2, 0.25) is 0 Å². The van der Waals surface area contributed by atoms with Gasteiger partial charge in [-0.25, -0.2) is 9.59 Å². The van der Waals surface area contributed by atoms with Gasteiger partial charge < -0.3 is 34.5 Å². The summed E-state index contributed by atoms with van der Waals surface area (Å²) in [6.45, 7) is 3.83. The predicted molar refractivity (Wildman–Crippen MR) is 147 cm³/mol. The number of para-hydroxylation sites is 1. The average molecular weight is 547 g/mol. The van der Waals surface area contributed by atoms with Gasteiger partial charge in [0.05, 0.1) is 37.6 Å². The summed E-state index contributed by atoms with van der Waals surface area (Å²) >= 11 is 0. The Kier molecular flexibility index (Phi) is 8.88. The molecule has 1 aromatic heterocycles. The second-order valence-electron chi connectivity index (χ2n) is 8.80. The van der Waals surface area contributed by atoms with E-state index in [4.69, 9.17) is 19.5 Å². The van der Waals surface area contributed by atoms with Crippen LogP contribution >= 0.6 is 0 Å². The number of rotatable bonds is 11. The number of aromatic nitrogens is 1. The topological polar surface area (TPSA) is 159 Å². The quantitative estimate of drug-likeness (QED) is 0.124. The number of urea groups is 1. The zero-order valence-corrected chi connectivity index (χ0v) is 22.3. The number of aliphatic hydroxyl groups excluding tert-OH is 1. The number of aliphatic hydroxyl groups is 1. The van der Waals surface area contributed by atoms with Crippen molar-refractivity contribution in [2.24, 2.45) is 5.10 Å². The number of ether oxygens (including phenoxy) is 3. The standard InChI is InChI=1S/C28H30N6O6/c1-4-39-23-13-18(26-25(27(36)38-3)17(2)31-28(37)32-26)9-10-22(23)40-16-24(35)33-30-14-19-15-34(12-11-29)21-8-6-5-7-20(19)21/h5-10,13-15,24,26,33,35H,4,12,16H2,1-3H3,(H2,31,32,37)/b30-14+/t24-,26+/m1/s1. The maximum atomic E-state index is 12.4. The molecule has 0 spiro atoms. The molecule has 0 aliphatic carbocycles. The molecule has 12 heteroatoms. The predicted octanol–water partition coefficient (Wildman–Crippen LogP) is 2.69. The highest BCUT2D eigenvalue weighted by atomic mass is 16.5. The van der Waals surface area contributed by atoms with E-state index in [1.54, 1.807) is 31.3 Å². The van der Waals surface area contributed by atoms with Gasteiger partial charge >= 0.3 is 12.0 Å². The van der Waals surface area contributed by atoms with Crippen LogP contribution in [0.15, 0.2) is 65.0 Å². The van der Waals surface area contributed by atoms with Gasteiger partial charge in [-0.1, -0.05) is 24.3 Å². The number of carbonyl (C=O) groups excluding carboxylic acids is 2. The molecule has 0 bridgehead atoms. The van der Waals surface area contributed by atoms with Crippen LogP contribution in [0.5, 0.6) is 11.5 Å². The fourth-order valence-corrected chi connectivity index (χ4v) is 4.40. The zero-order valence-electron chi connectivity index (χ0n) is 22.3. The van der Waals surface area contributed by atoms with Crippen molar-refractivity contribution in [3.05, 3.63) is 71.1 Å². The highest BCUT2D eigenvalue weighted by Gasteiger charge is 2.32. The molecule has 2 amide bonds. The number of allylic oxidation sites excluding steroid dienone is 1. The number of amides is 2. The van der Waals surface area contributed by atoms with Crippen LogP contribution in [-0.4, -0.2) is 54.4 Å². The Hall–Kier alpha value is -5.02. The first kappa shape index (κ1) is 28.0. The molecule has 2 atom stereocenters. The highest BCUT2D eigenvalue weighted by Crippen LogP contribution is 2.35. The molecular formula is C28H30N6O6. The normalized spacial score (nSPS) is 15.8. The zero-order chi connectivity index (χ0) is 28.6. The summed E-state index contributed by atoms with van der Waals surface area (Å²) in [6.07, 6.45) is 2.25. The molecule has 40 heavy (non-hydrogen) atoms. The number of nitriles is 1. The second kappa shape index (κ2) is 12.7. The van der Waals surface area contributed by atoms with Crippen molar-refractivity contribution in [2.45, 2.75) is 32.7 Å². The lowest BCUT2D eigenvalue weighted by molar-refractivity contribution is -0.136. The molecule has 0 radical (unpaired) electrons. The fourth-order valence-electron chi connectivity index (χ4n) is 4.40. The first-order chi connectivity index (χ1) is 19.4. The van der Waals surface area contributed by atoms with Crippen LogP contribution in [0.1, 0.15) is 31.0 Å². The van der Waals surface area contributed by atoms with Crippen LogP contribution in [0.4, 0.5) is 4.79 Å². The average Bonchev–Trinajstić information content (AvgIpc) is 3.29. The van der Waals surface area contributed by atoms with Crippen LogP contribution in [-0.2, 0) is 16.1 Å². The van der Waals surface area contributed by atoms with E-state index in [9.17, 15) is 14.7 Å². The summed E-state index contributed by atoms with van der Waals surface area (Å²) in [5, 5.41) is 29.9. The van der Waals surface area contributed by atoms with Gasteiger partial charge in [-0.05, 0) is 37.6 Å². The van der Waals surface area contributed by atoms with Crippen LogP contribution in [0, 0.1) is 11.3 Å². The SMILES string of the molecule is CCOc1cc([C@@H]2NC(=O)NC(C)=C2C(=O)OC)ccc1OC[C@@H](O)N/N=C/c1cn(CC#N)c2ccccc12. The first-order valence-electron chi connectivity index (χ1n) is 12.5. The van der Waals surface area contributed by atoms with Crippen molar-refractivity contribution in [2.75, 3.05) is 20.3 Å². The van der Waals surface area contributed by atoms with Gasteiger partial charge in [0.1, 0.15) is 13.2 Å². The van der Waals surface area contributed by atoms with E-state index in [2.05, 4.69) is 27.2 Å². The highest BCUT2D eigenvalue weighted by molar-refractivity contribution is 5.99. The largest absolute Gasteiger partial charge is 0.490 e. The summed E-state index contributed by atoms with van der Waals surface area (Å²) in [4.78, 5) is 24.5. The molecule has 4 rings (SSSR count). The first-order valence-corrected chi connectivity index (χ1v) is 12.5. The Morgan fingerprint density at radius 2 is 2.08 bits per heavy atom. The number of esters is 1. The summed E-state index contributed by atoms with van der Waals surface area (Å²) in [6, 6.07) is 13.6. The van der Waals surface area contributed by atoms with Gasteiger partial charge in [0.25, 0.3) is 0 Å². The molecule has 4 N–H and O–H groups in total. The molecule has 2 aromatic carbocycles. The van der Waals surface area contributed by atoms with Crippen molar-refractivity contribution >= 4 is 29.1 Å². The summed E-state index contributed by atoms with van der Waals surface area (Å²) < 4.78 is 18.3. The number of nitrogens with one attached hydrogen (secondary N) is 3. The number of benzene rings is 2. The molecule has 0 saturated carbocycles. The lowest BCUT2D eigenvalue weighted by Crippen LogP contribution is -2.45. The van der Waals surface area contributed by atoms with Crippen molar-refractivity contribution in [3.8, 4) is 17.6 Å². The van der Waals surface area contributed by atoms with E-state index >= 15 is 0 Å². The maximum Gasteiger partial charge on any atom is 0.337 e. The molecule has 2 heterocycles. The van der Waals surface area contributed by atoms with E-state index in [1.807, 2.05) is 42.0 Å². The van der Waals surface area contributed by atoms with E-state index in [1.165, 1.54) is 7.11 Å². The van der Waals surface area contributed by atoms with Crippen LogP contribution < -0.4 is 25.5 Å². The molecular weight excluding hydrogens is 516 g/mol. The summed E-state index contributed by atoms with van der Waals surface area (Å²) in [7, 11) is 1.27. The lowest BCUT2D eigenvalue weighted by atomic mass is 9.95. The summed E-state index contributed by atoms with van der Waals surface area (Å²) in [5.41, 5.74) is 5.58. The molecule has 0 fully saturated rings. The minimum absolute atomic E-state index is 0.149. The Balaban J connectivity index is 1.45. The minimum atomic E-state index is -1.14. The third-order valence-corrected chi connectivity index (χ3v) is 6.16. The van der Waals surface area contributed by atoms with Gasteiger partial charge in [-0.2, -0.15) is 10.4 Å². The van der Waals surface area contributed by atoms with Gasteiger partial charge in [-0.15, -0.1) is 0 Å². The number of hydrogen-bond acceptors (Lipinski definition) is 9. The van der Waals surface area contributed by atoms with Gasteiger partial charge in [-0.3, -0.25) is 5.43 Å². The molecule has 0 saturated heterocycles. The van der Waals surface area contributed by atoms with Gasteiger partial charge in [0, 0.05) is 28.4 Å². The molecule has 208 valence electrons. The maximum absolute atomic E-state index is 12.4. The van der Waals surface area contributed by atoms with E-state index in [-0.39, 0.29) is 18.7 Å². The Morgan fingerprint density at radius 1 is 1.27 bits per heavy atom. The second-order valence-corrected chi connectivity index (χ2v) is 8.80. The Bertz CT molecular complexity index is 1500. The third kappa shape index (κ3) is 6.16. The number of fused-ring (bicyclic) bond motifs is 1. The Labute approximate surface area is 230 Å². The fraction of sp³-hybridized carbons (Fsp3) is 0.286. The van der Waals surface area contributed by atoms with Crippen LogP contribution in [0.2, 0.25) is 0 Å². The van der Waals surface area contributed by atoms with E-state index in [0.717, 1.165) is 16.5 Å². The van der Waals surface area contributed by atoms with Crippen LogP contribution in [0.25, 0.3) is 10.9 Å². The number of methoxy groups -OCH3 is 1. The third-order valence-electron chi connectivity index (χ3n) is 6.16. The molecule has 1 aliphatic rings. The van der Waals surface area contributed by atoms with E-state index < -0.39 is 24.3 Å². The van der Waals surface area contributed by atoms with Crippen molar-refractivity contribution < 1.29 is 28.9 Å². The number of hydrazone groups is 1. The van der Waals surface area contributed by atoms with Crippen LogP contribution in [0.3, 0.4) is 0 Å². The van der Waals surface area contributed by atoms with Gasteiger partial charge in [0.15, 0.2) is 17.7 Å². The van der Waals surface area contributed by atoms with Crippen molar-refractivity contribution in [1.29, 1.82) is 5.26 Å². The molecule has 3 aromatic rings. The van der Waals surface area contributed by atoms with Crippen molar-refractivity contribution in [3.63, 3.8) is 0 Å². The molecule has 1 aliphatic heterocycles. The lowest BCUT2D eigenvalue weighted by Gasteiger charge is -2.28. The minimum Gasteiger partial charge on any atom is -0.490 e. The number of hydrogen-bond donors (Lipinski definition) is 4. The number of nitrogens with zero attached hydrogens (tertiary/aromatic N) is 3. The molecule has 0 unspecified atom stereocenters. The van der Waals surface area contributed by atoms with E-state index in [0.29, 0.717) is 29.4 Å². The Morgan fingerprint density at radius 3 is 2.83 bits per heavy atom.